The van der Waals surface area contributed by atoms with Crippen molar-refractivity contribution in [1.82, 2.24) is 0 Å². The van der Waals surface area contributed by atoms with Crippen LogP contribution in [-0.4, -0.2) is 0 Å². The third-order valence-corrected chi connectivity index (χ3v) is 2.58. The first-order valence-corrected chi connectivity index (χ1v) is 6.00. The molecule has 0 radical (unpaired) electrons. The zero-order chi connectivity index (χ0) is 12.6. The Hall–Kier alpha value is -2.34. The lowest BCUT2D eigenvalue weighted by Crippen LogP contribution is -1.72. The highest BCUT2D eigenvalue weighted by molar-refractivity contribution is 5.58. The first-order valence-electron chi connectivity index (χ1n) is 6.00. The molecule has 0 unspecified atom stereocenters. The van der Waals surface area contributed by atoms with Crippen molar-refractivity contribution in [3.05, 3.63) is 96.1 Å². The molecule has 0 nitrogen and oxygen atoms in total. The molecule has 2 aromatic carbocycles. The van der Waals surface area contributed by atoms with Gasteiger partial charge in [0, 0.05) is 0 Å². The zero-order valence-electron chi connectivity index (χ0n) is 10.3. The van der Waals surface area contributed by atoms with Crippen molar-refractivity contribution < 1.29 is 0 Å². The van der Waals surface area contributed by atoms with E-state index in [1.807, 2.05) is 48.6 Å². The minimum absolute atomic E-state index is 0.989. The van der Waals surface area contributed by atoms with Gasteiger partial charge in [0.05, 0.1) is 0 Å². The van der Waals surface area contributed by atoms with E-state index in [4.69, 9.17) is 0 Å². The highest BCUT2D eigenvalue weighted by atomic mass is 13.9. The van der Waals surface area contributed by atoms with Crippen LogP contribution in [0.25, 0.3) is 12.2 Å². The molecule has 0 heterocycles. The first kappa shape index (κ1) is 12.1. The van der Waals surface area contributed by atoms with Crippen molar-refractivity contribution in [2.24, 2.45) is 0 Å². The van der Waals surface area contributed by atoms with Crippen LogP contribution >= 0.6 is 0 Å². The summed E-state index contributed by atoms with van der Waals surface area (Å²) in [5.41, 5.74) is 3.36. The van der Waals surface area contributed by atoms with Crippen LogP contribution in [0.4, 0.5) is 0 Å². The number of allylic oxidation sites excluding steroid dienone is 3. The monoisotopic (exact) mass is 232 g/mol. The van der Waals surface area contributed by atoms with Gasteiger partial charge in [-0.25, -0.2) is 0 Å². The normalized spacial score (nSPS) is 11.1. The molecule has 0 aliphatic heterocycles. The fourth-order valence-corrected chi connectivity index (χ4v) is 1.59. The molecule has 0 atom stereocenters. The van der Waals surface area contributed by atoms with Gasteiger partial charge in [0.2, 0.25) is 0 Å². The van der Waals surface area contributed by atoms with Crippen molar-refractivity contribution in [2.75, 3.05) is 0 Å². The maximum absolute atomic E-state index is 4.01. The second-order valence-electron chi connectivity index (χ2n) is 4.06. The molecule has 0 aliphatic carbocycles. The third kappa shape index (κ3) is 3.91. The van der Waals surface area contributed by atoms with Gasteiger partial charge in [-0.05, 0) is 16.7 Å². The van der Waals surface area contributed by atoms with Crippen molar-refractivity contribution in [1.29, 1.82) is 0 Å². The average Bonchev–Trinajstić information content (AvgIpc) is 2.45. The number of hydrogen-bond donors (Lipinski definition) is 0. The summed E-state index contributed by atoms with van der Waals surface area (Å²) in [5, 5.41) is 0. The van der Waals surface area contributed by atoms with Crippen molar-refractivity contribution in [2.45, 2.75) is 0 Å². The van der Waals surface area contributed by atoms with E-state index in [1.165, 1.54) is 11.1 Å². The highest BCUT2D eigenvalue weighted by Crippen LogP contribution is 2.07. The Balaban J connectivity index is 1.97. The van der Waals surface area contributed by atoms with E-state index in [1.54, 1.807) is 0 Å². The number of rotatable bonds is 4. The molecule has 0 N–H and O–H groups in total. The summed E-state index contributed by atoms with van der Waals surface area (Å²) in [5.74, 6) is 0. The van der Waals surface area contributed by atoms with Crippen LogP contribution in [0.3, 0.4) is 0 Å². The molecule has 0 heteroatoms. The lowest BCUT2D eigenvalue weighted by molar-refractivity contribution is 1.64. The van der Waals surface area contributed by atoms with Gasteiger partial charge in [-0.1, -0.05) is 91.5 Å². The quantitative estimate of drug-likeness (QED) is 0.653. The van der Waals surface area contributed by atoms with Crippen LogP contribution in [0.1, 0.15) is 11.1 Å². The summed E-state index contributed by atoms with van der Waals surface area (Å²) in [4.78, 5) is 0. The Morgan fingerprint density at radius 2 is 1.06 bits per heavy atom. The van der Waals surface area contributed by atoms with Crippen LogP contribution in [0, 0.1) is 0 Å². The molecular formula is C18H16. The van der Waals surface area contributed by atoms with Gasteiger partial charge >= 0.3 is 0 Å². The molecule has 18 heavy (non-hydrogen) atoms. The minimum atomic E-state index is 0.989. The second kappa shape index (κ2) is 6.41. The topological polar surface area (TPSA) is 0 Å². The molecule has 0 amide bonds. The fraction of sp³-hybridized carbons (Fsp3) is 0. The standard InChI is InChI=1S/C18H16/c1-16(12-14-17-8-4-2-5-9-17)13-15-18-10-6-3-7-11-18/h2-15H,1H2/b14-12-,15-13+. The maximum Gasteiger partial charge on any atom is -0.0256 e. The molecule has 0 aliphatic rings. The fourth-order valence-electron chi connectivity index (χ4n) is 1.59. The lowest BCUT2D eigenvalue weighted by atomic mass is 10.1. The van der Waals surface area contributed by atoms with Gasteiger partial charge < -0.3 is 0 Å². The van der Waals surface area contributed by atoms with E-state index in [0.717, 1.165) is 5.57 Å². The summed E-state index contributed by atoms with van der Waals surface area (Å²) in [6, 6.07) is 20.4. The molecule has 0 saturated carbocycles. The minimum Gasteiger partial charge on any atom is -0.0918 e. The lowest BCUT2D eigenvalue weighted by Gasteiger charge is -1.94. The van der Waals surface area contributed by atoms with E-state index in [2.05, 4.69) is 43.0 Å². The molecular weight excluding hydrogens is 216 g/mol. The van der Waals surface area contributed by atoms with Crippen LogP contribution < -0.4 is 0 Å². The molecule has 0 spiro atoms. The third-order valence-electron chi connectivity index (χ3n) is 2.58. The molecule has 88 valence electrons. The predicted molar refractivity (Wildman–Crippen MR) is 80.1 cm³/mol. The molecule has 0 saturated heterocycles. The Morgan fingerprint density at radius 3 is 1.44 bits per heavy atom. The smallest absolute Gasteiger partial charge is 0.0256 e. The van der Waals surface area contributed by atoms with E-state index >= 15 is 0 Å². The van der Waals surface area contributed by atoms with E-state index < -0.39 is 0 Å². The predicted octanol–water partition coefficient (Wildman–Crippen LogP) is 4.97. The Morgan fingerprint density at radius 1 is 0.667 bits per heavy atom. The zero-order valence-corrected chi connectivity index (χ0v) is 10.3. The van der Waals surface area contributed by atoms with Crippen molar-refractivity contribution in [3.63, 3.8) is 0 Å². The van der Waals surface area contributed by atoms with Crippen LogP contribution in [0.15, 0.2) is 85.0 Å². The molecule has 0 fully saturated rings. The van der Waals surface area contributed by atoms with E-state index in [0.29, 0.717) is 0 Å². The van der Waals surface area contributed by atoms with Gasteiger partial charge in [-0.2, -0.15) is 0 Å². The van der Waals surface area contributed by atoms with Crippen molar-refractivity contribution in [3.8, 4) is 0 Å². The summed E-state index contributed by atoms with van der Waals surface area (Å²) in [7, 11) is 0. The van der Waals surface area contributed by atoms with Gasteiger partial charge in [-0.15, -0.1) is 0 Å². The van der Waals surface area contributed by atoms with Crippen LogP contribution in [0.2, 0.25) is 0 Å². The van der Waals surface area contributed by atoms with E-state index in [-0.39, 0.29) is 0 Å². The summed E-state index contributed by atoms with van der Waals surface area (Å²) in [6.07, 6.45) is 8.18. The molecule has 0 aromatic heterocycles. The van der Waals surface area contributed by atoms with Crippen molar-refractivity contribution >= 4 is 12.2 Å². The summed E-state index contributed by atoms with van der Waals surface area (Å²) >= 11 is 0. The first-order chi connectivity index (χ1) is 8.84. The number of benzene rings is 2. The molecule has 0 bridgehead atoms. The van der Waals surface area contributed by atoms with Crippen LogP contribution in [0.5, 0.6) is 0 Å². The Kier molecular flexibility index (Phi) is 4.32. The maximum atomic E-state index is 4.01. The number of hydrogen-bond acceptors (Lipinski definition) is 0. The summed E-state index contributed by atoms with van der Waals surface area (Å²) in [6.45, 7) is 4.01. The Bertz CT molecular complexity index is 494. The second-order valence-corrected chi connectivity index (χ2v) is 4.06. The van der Waals surface area contributed by atoms with E-state index in [9.17, 15) is 0 Å². The highest BCUT2D eigenvalue weighted by Gasteiger charge is 1.86. The SMILES string of the molecule is C=C(/C=C\c1ccccc1)/C=C/c1ccccc1. The largest absolute Gasteiger partial charge is 0.0918 e. The van der Waals surface area contributed by atoms with Gasteiger partial charge in [0.1, 0.15) is 0 Å². The van der Waals surface area contributed by atoms with Gasteiger partial charge in [0.15, 0.2) is 0 Å². The molecule has 2 rings (SSSR count). The average molecular weight is 232 g/mol. The molecule has 2 aromatic rings. The van der Waals surface area contributed by atoms with Gasteiger partial charge in [-0.3, -0.25) is 0 Å². The Labute approximate surface area is 109 Å². The van der Waals surface area contributed by atoms with Gasteiger partial charge in [0.25, 0.3) is 0 Å². The van der Waals surface area contributed by atoms with Crippen LogP contribution in [-0.2, 0) is 0 Å². The summed E-state index contributed by atoms with van der Waals surface area (Å²) < 4.78 is 0.